The summed E-state index contributed by atoms with van der Waals surface area (Å²) in [5, 5.41) is 0. The first-order valence-electron chi connectivity index (χ1n) is 11.7. The van der Waals surface area contributed by atoms with Crippen LogP contribution in [0, 0.1) is 11.3 Å². The van der Waals surface area contributed by atoms with Crippen molar-refractivity contribution >= 4 is 18.0 Å². The fraction of sp³-hybridized carbons (Fsp3) is 0.654. The predicted octanol–water partition coefficient (Wildman–Crippen LogP) is 4.87. The number of nitrogens with zero attached hydrogens (tertiary/aromatic N) is 1. The van der Waals surface area contributed by atoms with Gasteiger partial charge in [-0.15, -0.1) is 0 Å². The van der Waals surface area contributed by atoms with Gasteiger partial charge in [-0.25, -0.2) is 9.59 Å². The van der Waals surface area contributed by atoms with Crippen LogP contribution in [0.2, 0.25) is 0 Å². The predicted molar refractivity (Wildman–Crippen MR) is 129 cm³/mol. The van der Waals surface area contributed by atoms with Crippen molar-refractivity contribution in [2.24, 2.45) is 11.3 Å². The van der Waals surface area contributed by atoms with Gasteiger partial charge in [-0.2, -0.15) is 0 Å². The Kier molecular flexibility index (Phi) is 8.81. The standard InChI is InChI=1S/C26H39NO8/c1-15(2)13-18-20(22(28)34-23(29)25(3,4)5)33-21(27(18)24(30)35-26(6,7)8)17-12-11-16(31-9)14-19(17)32-10/h11-12,14-15,18,20-21H,13H2,1-10H3/t18-,20?,21?/m0/s1. The largest absolute Gasteiger partial charge is 0.497 e. The third-order valence-electron chi connectivity index (χ3n) is 5.30. The van der Waals surface area contributed by atoms with Crippen LogP contribution in [-0.2, 0) is 23.8 Å². The van der Waals surface area contributed by atoms with Gasteiger partial charge in [0.05, 0.1) is 25.7 Å². The minimum atomic E-state index is -1.20. The molecule has 1 saturated heterocycles. The van der Waals surface area contributed by atoms with Gasteiger partial charge in [-0.1, -0.05) is 13.8 Å². The molecule has 1 aliphatic rings. The quantitative estimate of drug-likeness (QED) is 0.409. The van der Waals surface area contributed by atoms with E-state index in [1.54, 1.807) is 59.7 Å². The third-order valence-corrected chi connectivity index (χ3v) is 5.30. The molecular weight excluding hydrogens is 454 g/mol. The SMILES string of the molecule is COc1ccc(C2OC(C(=O)OC(=O)C(C)(C)C)[C@H](CC(C)C)N2C(=O)OC(C)(C)C)c(OC)c1. The molecule has 0 spiro atoms. The molecule has 9 heteroatoms. The molecule has 2 unspecified atom stereocenters. The average molecular weight is 494 g/mol. The summed E-state index contributed by atoms with van der Waals surface area (Å²) < 4.78 is 27.9. The van der Waals surface area contributed by atoms with Crippen LogP contribution < -0.4 is 9.47 Å². The Morgan fingerprint density at radius 3 is 2.14 bits per heavy atom. The third kappa shape index (κ3) is 7.10. The molecule has 0 aliphatic carbocycles. The number of esters is 2. The highest BCUT2D eigenvalue weighted by molar-refractivity contribution is 5.91. The maximum absolute atomic E-state index is 13.4. The first kappa shape index (κ1) is 28.4. The summed E-state index contributed by atoms with van der Waals surface area (Å²) in [6, 6.07) is 4.35. The highest BCUT2D eigenvalue weighted by atomic mass is 16.6. The van der Waals surface area contributed by atoms with Gasteiger partial charge < -0.3 is 23.7 Å². The maximum atomic E-state index is 13.4. The molecule has 1 amide bonds. The van der Waals surface area contributed by atoms with Crippen molar-refractivity contribution in [2.75, 3.05) is 14.2 Å². The fourth-order valence-electron chi connectivity index (χ4n) is 3.64. The summed E-state index contributed by atoms with van der Waals surface area (Å²) in [6.45, 7) is 14.2. The number of rotatable bonds is 6. The van der Waals surface area contributed by atoms with Gasteiger partial charge in [0.1, 0.15) is 17.1 Å². The number of benzene rings is 1. The summed E-state index contributed by atoms with van der Waals surface area (Å²) in [4.78, 5) is 40.5. The lowest BCUT2D eigenvalue weighted by Crippen LogP contribution is -2.46. The molecule has 196 valence electrons. The Morgan fingerprint density at radius 2 is 1.66 bits per heavy atom. The lowest BCUT2D eigenvalue weighted by Gasteiger charge is -2.32. The second-order valence-corrected chi connectivity index (χ2v) is 11.1. The van der Waals surface area contributed by atoms with E-state index < -0.39 is 47.4 Å². The zero-order valence-electron chi connectivity index (χ0n) is 22.5. The van der Waals surface area contributed by atoms with Crippen molar-refractivity contribution in [3.63, 3.8) is 0 Å². The second kappa shape index (κ2) is 10.8. The molecule has 1 aromatic rings. The van der Waals surface area contributed by atoms with E-state index in [1.807, 2.05) is 13.8 Å². The monoisotopic (exact) mass is 493 g/mol. The van der Waals surface area contributed by atoms with Gasteiger partial charge in [0, 0.05) is 11.6 Å². The maximum Gasteiger partial charge on any atom is 0.413 e. The zero-order chi connectivity index (χ0) is 26.7. The first-order chi connectivity index (χ1) is 16.1. The van der Waals surface area contributed by atoms with Crippen molar-refractivity contribution in [2.45, 2.75) is 85.8 Å². The van der Waals surface area contributed by atoms with Crippen molar-refractivity contribution in [1.29, 1.82) is 0 Å². The van der Waals surface area contributed by atoms with Crippen molar-refractivity contribution in [3.8, 4) is 11.5 Å². The van der Waals surface area contributed by atoms with Crippen LogP contribution in [0.15, 0.2) is 18.2 Å². The van der Waals surface area contributed by atoms with E-state index in [4.69, 9.17) is 23.7 Å². The number of hydrogen-bond acceptors (Lipinski definition) is 8. The summed E-state index contributed by atoms with van der Waals surface area (Å²) in [5.41, 5.74) is -1.16. The summed E-state index contributed by atoms with van der Waals surface area (Å²) >= 11 is 0. The number of methoxy groups -OCH3 is 2. The molecule has 1 heterocycles. The number of carbonyl (C=O) groups excluding carboxylic acids is 3. The van der Waals surface area contributed by atoms with Crippen LogP contribution in [0.4, 0.5) is 4.79 Å². The lowest BCUT2D eigenvalue weighted by atomic mass is 9.96. The van der Waals surface area contributed by atoms with Gasteiger partial charge in [0.25, 0.3) is 0 Å². The van der Waals surface area contributed by atoms with Crippen molar-refractivity contribution in [1.82, 2.24) is 4.90 Å². The number of amides is 1. The fourth-order valence-corrected chi connectivity index (χ4v) is 3.64. The minimum absolute atomic E-state index is 0.0960. The van der Waals surface area contributed by atoms with E-state index in [9.17, 15) is 14.4 Å². The van der Waals surface area contributed by atoms with E-state index in [2.05, 4.69) is 0 Å². The minimum Gasteiger partial charge on any atom is -0.497 e. The summed E-state index contributed by atoms with van der Waals surface area (Å²) in [7, 11) is 3.02. The Hall–Kier alpha value is -2.81. The first-order valence-corrected chi connectivity index (χ1v) is 11.7. The summed E-state index contributed by atoms with van der Waals surface area (Å²) in [5.74, 6) is -0.467. The molecule has 0 radical (unpaired) electrons. The molecule has 0 N–H and O–H groups in total. The van der Waals surface area contributed by atoms with Gasteiger partial charge in [-0.05, 0) is 66.0 Å². The van der Waals surface area contributed by atoms with Crippen LogP contribution in [-0.4, -0.2) is 54.9 Å². The van der Waals surface area contributed by atoms with Crippen LogP contribution in [0.1, 0.15) is 73.6 Å². The van der Waals surface area contributed by atoms with Crippen LogP contribution in [0.3, 0.4) is 0 Å². The van der Waals surface area contributed by atoms with Gasteiger partial charge in [0.15, 0.2) is 12.3 Å². The van der Waals surface area contributed by atoms with Gasteiger partial charge in [0.2, 0.25) is 0 Å². The zero-order valence-corrected chi connectivity index (χ0v) is 22.5. The van der Waals surface area contributed by atoms with Crippen molar-refractivity contribution < 1.29 is 38.1 Å². The van der Waals surface area contributed by atoms with E-state index in [0.29, 0.717) is 23.5 Å². The van der Waals surface area contributed by atoms with Crippen LogP contribution in [0.5, 0.6) is 11.5 Å². The van der Waals surface area contributed by atoms with Crippen LogP contribution >= 0.6 is 0 Å². The van der Waals surface area contributed by atoms with Gasteiger partial charge in [-0.3, -0.25) is 9.69 Å². The molecule has 0 saturated carbocycles. The van der Waals surface area contributed by atoms with E-state index >= 15 is 0 Å². The van der Waals surface area contributed by atoms with E-state index in [-0.39, 0.29) is 5.92 Å². The van der Waals surface area contributed by atoms with Gasteiger partial charge >= 0.3 is 18.0 Å². The molecule has 35 heavy (non-hydrogen) atoms. The molecule has 1 aliphatic heterocycles. The molecule has 9 nitrogen and oxygen atoms in total. The van der Waals surface area contributed by atoms with E-state index in [1.165, 1.54) is 19.1 Å². The normalized spacial score (nSPS) is 20.5. The number of carbonyl (C=O) groups is 3. The molecule has 1 aromatic carbocycles. The summed E-state index contributed by atoms with van der Waals surface area (Å²) in [6.07, 6.45) is -2.45. The average Bonchev–Trinajstić information content (AvgIpc) is 3.09. The second-order valence-electron chi connectivity index (χ2n) is 11.1. The molecular formula is C26H39NO8. The highest BCUT2D eigenvalue weighted by Crippen LogP contribution is 2.43. The molecule has 0 aromatic heterocycles. The van der Waals surface area contributed by atoms with E-state index in [0.717, 1.165) is 0 Å². The number of hydrogen-bond donors (Lipinski definition) is 0. The Labute approximate surface area is 208 Å². The molecule has 2 rings (SSSR count). The molecule has 0 bridgehead atoms. The van der Waals surface area contributed by atoms with Crippen molar-refractivity contribution in [3.05, 3.63) is 23.8 Å². The molecule has 3 atom stereocenters. The molecule has 1 fully saturated rings. The van der Waals surface area contributed by atoms with Crippen LogP contribution in [0.25, 0.3) is 0 Å². The highest BCUT2D eigenvalue weighted by Gasteiger charge is 2.52. The smallest absolute Gasteiger partial charge is 0.413 e. The Balaban J connectivity index is 2.58. The Bertz CT molecular complexity index is 928. The Morgan fingerprint density at radius 1 is 1.03 bits per heavy atom. The number of ether oxygens (including phenoxy) is 5. The lowest BCUT2D eigenvalue weighted by molar-refractivity contribution is -0.173. The topological polar surface area (TPSA) is 101 Å².